The van der Waals surface area contributed by atoms with Gasteiger partial charge >= 0.3 is 0 Å². The summed E-state index contributed by atoms with van der Waals surface area (Å²) in [5.41, 5.74) is 2.94. The lowest BCUT2D eigenvalue weighted by molar-refractivity contribution is 0.222. The number of piperazine rings is 1. The van der Waals surface area contributed by atoms with Crippen molar-refractivity contribution in [2.75, 3.05) is 33.2 Å². The predicted octanol–water partition coefficient (Wildman–Crippen LogP) is 3.27. The molecule has 0 saturated carbocycles. The third-order valence-electron chi connectivity index (χ3n) is 5.03. The molecule has 0 spiro atoms. The fourth-order valence-electron chi connectivity index (χ4n) is 3.13. The summed E-state index contributed by atoms with van der Waals surface area (Å²) in [4.78, 5) is 11.2. The number of nitrogens with zero attached hydrogens (tertiary/aromatic N) is 4. The number of likely N-dealkylation sites (N-methyl/N-ethyl adjacent to an activating group) is 1. The van der Waals surface area contributed by atoms with Gasteiger partial charge in [-0.1, -0.05) is 29.5 Å². The molecule has 1 aromatic carbocycles. The predicted molar refractivity (Wildman–Crippen MR) is 117 cm³/mol. The first-order valence-electron chi connectivity index (χ1n) is 9.71. The molecule has 0 bridgehead atoms. The Morgan fingerprint density at radius 3 is 2.47 bits per heavy atom. The number of aromatic nitrogens is 2. The summed E-state index contributed by atoms with van der Waals surface area (Å²) in [5, 5.41) is 0.743. The van der Waals surface area contributed by atoms with Crippen molar-refractivity contribution in [2.24, 2.45) is 0 Å². The summed E-state index contributed by atoms with van der Waals surface area (Å²) in [6.07, 6.45) is 3.09. The van der Waals surface area contributed by atoms with E-state index in [1.807, 2.05) is 38.2 Å². The highest BCUT2D eigenvalue weighted by molar-refractivity contribution is 7.98. The monoisotopic (exact) mass is 444 g/mol. The van der Waals surface area contributed by atoms with E-state index in [0.717, 1.165) is 29.4 Å². The number of oxazole rings is 1. The van der Waals surface area contributed by atoms with Crippen LogP contribution >= 0.6 is 11.8 Å². The van der Waals surface area contributed by atoms with Gasteiger partial charge in [-0.25, -0.2) is 18.4 Å². The van der Waals surface area contributed by atoms with Crippen molar-refractivity contribution in [3.8, 4) is 11.5 Å². The summed E-state index contributed by atoms with van der Waals surface area (Å²) in [7, 11) is -1.50. The zero-order valence-corrected chi connectivity index (χ0v) is 18.6. The molecular weight excluding hydrogens is 420 g/mol. The largest absolute Gasteiger partial charge is 0.444 e. The molecule has 3 aromatic rings. The van der Waals surface area contributed by atoms with Crippen molar-refractivity contribution in [1.29, 1.82) is 0 Å². The lowest BCUT2D eigenvalue weighted by Crippen LogP contribution is -2.47. The van der Waals surface area contributed by atoms with Crippen LogP contribution in [0.4, 0.5) is 0 Å². The van der Waals surface area contributed by atoms with E-state index in [0.29, 0.717) is 24.7 Å². The van der Waals surface area contributed by atoms with Crippen molar-refractivity contribution < 1.29 is 12.8 Å². The maximum absolute atomic E-state index is 12.8. The average Bonchev–Trinajstić information content (AvgIpc) is 3.22. The summed E-state index contributed by atoms with van der Waals surface area (Å²) < 4.78 is 32.7. The normalized spacial score (nSPS) is 16.1. The zero-order chi connectivity index (χ0) is 21.1. The van der Waals surface area contributed by atoms with E-state index in [9.17, 15) is 8.42 Å². The Bertz CT molecular complexity index is 1090. The molecule has 0 N–H and O–H groups in total. The highest BCUT2D eigenvalue weighted by atomic mass is 32.2. The fourth-order valence-corrected chi connectivity index (χ4v) is 5.22. The lowest BCUT2D eigenvalue weighted by atomic mass is 10.1. The fraction of sp³-hybridized carbons (Fsp3) is 0.333. The summed E-state index contributed by atoms with van der Waals surface area (Å²) in [6, 6.07) is 11.4. The zero-order valence-electron chi connectivity index (χ0n) is 17.0. The van der Waals surface area contributed by atoms with Crippen molar-refractivity contribution >= 4 is 21.8 Å². The number of hydrogen-bond donors (Lipinski definition) is 0. The molecule has 0 unspecified atom stereocenters. The van der Waals surface area contributed by atoms with Crippen molar-refractivity contribution in [1.82, 2.24) is 19.2 Å². The molecule has 0 radical (unpaired) electrons. The molecule has 1 saturated heterocycles. The van der Waals surface area contributed by atoms with Gasteiger partial charge in [-0.05, 0) is 38.2 Å². The van der Waals surface area contributed by atoms with Crippen LogP contribution in [0.1, 0.15) is 11.3 Å². The van der Waals surface area contributed by atoms with Crippen molar-refractivity contribution in [3.63, 3.8) is 0 Å². The maximum atomic E-state index is 12.8. The van der Waals surface area contributed by atoms with Gasteiger partial charge in [-0.3, -0.25) is 0 Å². The quantitative estimate of drug-likeness (QED) is 0.540. The highest BCUT2D eigenvalue weighted by Gasteiger charge is 2.27. The molecule has 0 atom stereocenters. The molecule has 1 aliphatic heterocycles. The first-order chi connectivity index (χ1) is 14.4. The molecule has 1 fully saturated rings. The molecule has 9 heteroatoms. The van der Waals surface area contributed by atoms with Crippen LogP contribution in [-0.4, -0.2) is 60.8 Å². The van der Waals surface area contributed by atoms with E-state index in [2.05, 4.69) is 14.9 Å². The van der Waals surface area contributed by atoms with Crippen LogP contribution < -0.4 is 0 Å². The number of sulfonamides is 1. The van der Waals surface area contributed by atoms with Crippen molar-refractivity contribution in [2.45, 2.75) is 22.6 Å². The van der Waals surface area contributed by atoms with E-state index >= 15 is 0 Å². The molecular formula is C21H24N4O3S2. The van der Waals surface area contributed by atoms with Gasteiger partial charge in [0.05, 0.1) is 10.7 Å². The topological polar surface area (TPSA) is 79.5 Å². The summed E-state index contributed by atoms with van der Waals surface area (Å²) in [5.74, 6) is 1.18. The second kappa shape index (κ2) is 8.89. The molecule has 30 heavy (non-hydrogen) atoms. The van der Waals surface area contributed by atoms with Crippen LogP contribution in [0.3, 0.4) is 0 Å². The summed E-state index contributed by atoms with van der Waals surface area (Å²) in [6.45, 7) is 4.53. The van der Waals surface area contributed by atoms with Crippen LogP contribution in [0.15, 0.2) is 63.2 Å². The van der Waals surface area contributed by atoms with E-state index < -0.39 is 10.0 Å². The first-order valence-corrected chi connectivity index (χ1v) is 12.1. The summed E-state index contributed by atoms with van der Waals surface area (Å²) >= 11 is 1.49. The molecule has 158 valence electrons. The second-order valence-corrected chi connectivity index (χ2v) is 10.3. The lowest BCUT2D eigenvalue weighted by Gasteiger charge is -2.31. The van der Waals surface area contributed by atoms with Crippen LogP contribution in [0.2, 0.25) is 0 Å². The third kappa shape index (κ3) is 4.75. The Kier molecular flexibility index (Phi) is 6.24. The number of pyridine rings is 1. The van der Waals surface area contributed by atoms with E-state index in [-0.39, 0.29) is 4.90 Å². The molecule has 0 aliphatic carbocycles. The molecule has 7 nitrogen and oxygen atoms in total. The molecule has 2 aromatic heterocycles. The van der Waals surface area contributed by atoms with E-state index in [1.165, 1.54) is 27.8 Å². The Hall–Kier alpha value is -2.20. The third-order valence-corrected chi connectivity index (χ3v) is 7.89. The molecule has 1 aliphatic rings. The maximum Gasteiger partial charge on any atom is 0.244 e. The van der Waals surface area contributed by atoms with Crippen LogP contribution in [0.25, 0.3) is 11.5 Å². The van der Waals surface area contributed by atoms with Crippen LogP contribution in [0.5, 0.6) is 0 Å². The molecule has 0 amide bonds. The Morgan fingerprint density at radius 1 is 1.07 bits per heavy atom. The Balaban J connectivity index is 1.38. The van der Waals surface area contributed by atoms with Gasteiger partial charge in [0.25, 0.3) is 0 Å². The average molecular weight is 445 g/mol. The standard InChI is InChI=1S/C21H24N4O3S2/c1-16-3-5-17(6-4-16)21-23-18(14-28-21)15-29-20-8-7-19(13-22-20)30(26,27)25-11-9-24(2)10-12-25/h3-8,13-14H,9-12,15H2,1-2H3. The number of rotatable bonds is 6. The smallest absolute Gasteiger partial charge is 0.244 e. The van der Waals surface area contributed by atoms with Gasteiger partial charge in [-0.2, -0.15) is 4.31 Å². The number of benzene rings is 1. The van der Waals surface area contributed by atoms with Crippen LogP contribution in [0, 0.1) is 6.92 Å². The minimum absolute atomic E-state index is 0.236. The Labute approximate surface area is 181 Å². The van der Waals surface area contributed by atoms with E-state index in [1.54, 1.807) is 18.4 Å². The first kappa shape index (κ1) is 21.0. The van der Waals surface area contributed by atoms with Gasteiger partial charge in [0.1, 0.15) is 11.2 Å². The number of thioether (sulfide) groups is 1. The SMILES string of the molecule is Cc1ccc(-c2nc(CSc3ccc(S(=O)(=O)N4CCN(C)CC4)cn3)co2)cc1. The van der Waals surface area contributed by atoms with Gasteiger partial charge in [0, 0.05) is 43.7 Å². The molecule has 3 heterocycles. The van der Waals surface area contributed by atoms with Crippen LogP contribution in [-0.2, 0) is 15.8 Å². The number of hydrogen-bond acceptors (Lipinski definition) is 7. The van der Waals surface area contributed by atoms with Gasteiger partial charge < -0.3 is 9.32 Å². The minimum Gasteiger partial charge on any atom is -0.444 e. The Morgan fingerprint density at radius 2 is 1.80 bits per heavy atom. The van der Waals surface area contributed by atoms with Gasteiger partial charge in [-0.15, -0.1) is 0 Å². The second-order valence-electron chi connectivity index (χ2n) is 7.34. The molecule has 4 rings (SSSR count). The highest BCUT2D eigenvalue weighted by Crippen LogP contribution is 2.25. The van der Waals surface area contributed by atoms with E-state index in [4.69, 9.17) is 4.42 Å². The number of aryl methyl sites for hydroxylation is 1. The minimum atomic E-state index is -3.49. The van der Waals surface area contributed by atoms with Gasteiger partial charge in [0.2, 0.25) is 15.9 Å². The van der Waals surface area contributed by atoms with Crippen molar-refractivity contribution in [3.05, 3.63) is 60.1 Å². The van der Waals surface area contributed by atoms with Gasteiger partial charge in [0.15, 0.2) is 0 Å².